The first-order valence-electron chi connectivity index (χ1n) is 7.15. The molecule has 1 aromatic carbocycles. The van der Waals surface area contributed by atoms with Gasteiger partial charge in [-0.1, -0.05) is 30.7 Å². The van der Waals surface area contributed by atoms with Crippen LogP contribution < -0.4 is 15.4 Å². The van der Waals surface area contributed by atoms with Gasteiger partial charge < -0.3 is 15.4 Å². The second kappa shape index (κ2) is 7.70. The van der Waals surface area contributed by atoms with E-state index in [0.29, 0.717) is 6.54 Å². The van der Waals surface area contributed by atoms with Gasteiger partial charge in [0.2, 0.25) is 0 Å². The van der Waals surface area contributed by atoms with E-state index in [1.54, 1.807) is 0 Å². The lowest BCUT2D eigenvalue weighted by molar-refractivity contribution is -0.122. The number of aryl methyl sites for hydroxylation is 1. The Kier molecular flexibility index (Phi) is 5.62. The molecule has 0 radical (unpaired) electrons. The minimum atomic E-state index is -0.0796. The van der Waals surface area contributed by atoms with Crippen LogP contribution in [-0.4, -0.2) is 32.1 Å². The number of benzene rings is 1. The Balaban J connectivity index is 1.70. The molecular formula is C16H22N2O2. The van der Waals surface area contributed by atoms with Crippen molar-refractivity contribution in [3.05, 3.63) is 41.5 Å². The van der Waals surface area contributed by atoms with E-state index in [0.717, 1.165) is 31.7 Å². The summed E-state index contributed by atoms with van der Waals surface area (Å²) in [5.74, 6) is 0.655. The van der Waals surface area contributed by atoms with E-state index in [2.05, 4.69) is 23.6 Å². The molecule has 0 atom stereocenters. The summed E-state index contributed by atoms with van der Waals surface area (Å²) in [6, 6.07) is 7.85. The van der Waals surface area contributed by atoms with Crippen LogP contribution in [0.1, 0.15) is 18.9 Å². The summed E-state index contributed by atoms with van der Waals surface area (Å²) in [5.41, 5.74) is 2.55. The SMILES string of the molecule is CCc1ccc(OCC(=O)NCC2=CCNCC2)cc1. The van der Waals surface area contributed by atoms with Gasteiger partial charge in [0.1, 0.15) is 5.75 Å². The molecule has 1 amide bonds. The van der Waals surface area contributed by atoms with Crippen molar-refractivity contribution < 1.29 is 9.53 Å². The molecule has 0 fully saturated rings. The molecule has 2 rings (SSSR count). The minimum Gasteiger partial charge on any atom is -0.484 e. The van der Waals surface area contributed by atoms with E-state index in [9.17, 15) is 4.79 Å². The van der Waals surface area contributed by atoms with E-state index in [4.69, 9.17) is 4.74 Å². The maximum absolute atomic E-state index is 11.7. The van der Waals surface area contributed by atoms with E-state index >= 15 is 0 Å². The topological polar surface area (TPSA) is 50.4 Å². The van der Waals surface area contributed by atoms with Crippen LogP contribution in [0.4, 0.5) is 0 Å². The number of amides is 1. The van der Waals surface area contributed by atoms with Crippen molar-refractivity contribution in [2.24, 2.45) is 0 Å². The van der Waals surface area contributed by atoms with Gasteiger partial charge in [-0.15, -0.1) is 0 Å². The van der Waals surface area contributed by atoms with Crippen molar-refractivity contribution in [3.63, 3.8) is 0 Å². The minimum absolute atomic E-state index is 0.0665. The average Bonchev–Trinajstić information content (AvgIpc) is 2.52. The first kappa shape index (κ1) is 14.6. The Bertz CT molecular complexity index is 466. The zero-order chi connectivity index (χ0) is 14.2. The Morgan fingerprint density at radius 3 is 2.80 bits per heavy atom. The molecule has 0 saturated carbocycles. The van der Waals surface area contributed by atoms with Crippen LogP contribution in [0.25, 0.3) is 0 Å². The summed E-state index contributed by atoms with van der Waals surface area (Å²) in [6.07, 6.45) is 4.14. The van der Waals surface area contributed by atoms with E-state index < -0.39 is 0 Å². The molecule has 0 aromatic heterocycles. The van der Waals surface area contributed by atoms with Gasteiger partial charge >= 0.3 is 0 Å². The third kappa shape index (κ3) is 4.70. The molecule has 108 valence electrons. The van der Waals surface area contributed by atoms with Crippen LogP contribution >= 0.6 is 0 Å². The smallest absolute Gasteiger partial charge is 0.258 e. The highest BCUT2D eigenvalue weighted by Crippen LogP contribution is 2.12. The Morgan fingerprint density at radius 1 is 1.35 bits per heavy atom. The molecule has 1 aliphatic heterocycles. The van der Waals surface area contributed by atoms with Crippen LogP contribution in [0.3, 0.4) is 0 Å². The highest BCUT2D eigenvalue weighted by molar-refractivity contribution is 5.77. The van der Waals surface area contributed by atoms with Crippen LogP contribution in [0, 0.1) is 0 Å². The van der Waals surface area contributed by atoms with Gasteiger partial charge in [-0.3, -0.25) is 4.79 Å². The molecule has 0 aliphatic carbocycles. The van der Waals surface area contributed by atoms with Crippen LogP contribution in [-0.2, 0) is 11.2 Å². The lowest BCUT2D eigenvalue weighted by atomic mass is 10.1. The summed E-state index contributed by atoms with van der Waals surface area (Å²) in [6.45, 7) is 4.68. The van der Waals surface area contributed by atoms with Gasteiger partial charge in [-0.05, 0) is 37.1 Å². The fourth-order valence-corrected chi connectivity index (χ4v) is 2.06. The molecular weight excluding hydrogens is 252 g/mol. The average molecular weight is 274 g/mol. The van der Waals surface area contributed by atoms with Gasteiger partial charge in [0.05, 0.1) is 0 Å². The second-order valence-electron chi connectivity index (χ2n) is 4.88. The number of carbonyl (C=O) groups is 1. The number of rotatable bonds is 6. The van der Waals surface area contributed by atoms with Crippen LogP contribution in [0.5, 0.6) is 5.75 Å². The highest BCUT2D eigenvalue weighted by Gasteiger charge is 2.06. The van der Waals surface area contributed by atoms with Gasteiger partial charge in [0, 0.05) is 13.1 Å². The number of hydrogen-bond acceptors (Lipinski definition) is 3. The molecule has 2 N–H and O–H groups in total. The molecule has 4 heteroatoms. The Labute approximate surface area is 120 Å². The molecule has 0 unspecified atom stereocenters. The van der Waals surface area contributed by atoms with Crippen molar-refractivity contribution in [1.29, 1.82) is 0 Å². The van der Waals surface area contributed by atoms with Crippen LogP contribution in [0.2, 0.25) is 0 Å². The summed E-state index contributed by atoms with van der Waals surface area (Å²) in [4.78, 5) is 11.7. The predicted molar refractivity (Wildman–Crippen MR) is 79.9 cm³/mol. The van der Waals surface area contributed by atoms with E-state index in [1.807, 2.05) is 24.3 Å². The molecule has 0 spiro atoms. The van der Waals surface area contributed by atoms with Gasteiger partial charge in [0.25, 0.3) is 5.91 Å². The molecule has 0 saturated heterocycles. The fraction of sp³-hybridized carbons (Fsp3) is 0.438. The summed E-state index contributed by atoms with van der Waals surface area (Å²) in [5, 5.41) is 6.13. The zero-order valence-corrected chi connectivity index (χ0v) is 11.9. The summed E-state index contributed by atoms with van der Waals surface area (Å²) < 4.78 is 5.46. The van der Waals surface area contributed by atoms with Crippen molar-refractivity contribution in [2.75, 3.05) is 26.2 Å². The monoisotopic (exact) mass is 274 g/mol. The second-order valence-corrected chi connectivity index (χ2v) is 4.88. The molecule has 4 nitrogen and oxygen atoms in total. The maximum Gasteiger partial charge on any atom is 0.258 e. The number of nitrogens with one attached hydrogen (secondary N) is 2. The number of ether oxygens (including phenoxy) is 1. The van der Waals surface area contributed by atoms with Crippen molar-refractivity contribution >= 4 is 5.91 Å². The Morgan fingerprint density at radius 2 is 2.15 bits per heavy atom. The fourth-order valence-electron chi connectivity index (χ4n) is 2.06. The first-order chi connectivity index (χ1) is 9.78. The largest absolute Gasteiger partial charge is 0.484 e. The van der Waals surface area contributed by atoms with Crippen molar-refractivity contribution in [2.45, 2.75) is 19.8 Å². The standard InChI is InChI=1S/C16H22N2O2/c1-2-13-3-5-15(6-4-13)20-12-16(19)18-11-14-7-9-17-10-8-14/h3-7,17H,2,8-12H2,1H3,(H,18,19). The lowest BCUT2D eigenvalue weighted by Crippen LogP contribution is -2.32. The van der Waals surface area contributed by atoms with Crippen molar-refractivity contribution in [3.8, 4) is 5.75 Å². The lowest BCUT2D eigenvalue weighted by Gasteiger charge is -2.14. The predicted octanol–water partition coefficient (Wildman–Crippen LogP) is 1.66. The van der Waals surface area contributed by atoms with Gasteiger partial charge in [-0.25, -0.2) is 0 Å². The molecule has 1 heterocycles. The molecule has 1 aliphatic rings. The van der Waals surface area contributed by atoms with E-state index in [-0.39, 0.29) is 12.5 Å². The normalized spacial score (nSPS) is 14.6. The number of hydrogen-bond donors (Lipinski definition) is 2. The summed E-state index contributed by atoms with van der Waals surface area (Å²) >= 11 is 0. The van der Waals surface area contributed by atoms with Gasteiger partial charge in [0.15, 0.2) is 6.61 Å². The van der Waals surface area contributed by atoms with Crippen molar-refractivity contribution in [1.82, 2.24) is 10.6 Å². The number of carbonyl (C=O) groups excluding carboxylic acids is 1. The Hall–Kier alpha value is -1.81. The summed E-state index contributed by atoms with van der Waals surface area (Å²) in [7, 11) is 0. The molecule has 0 bridgehead atoms. The van der Waals surface area contributed by atoms with Crippen LogP contribution in [0.15, 0.2) is 35.9 Å². The molecule has 1 aromatic rings. The van der Waals surface area contributed by atoms with Gasteiger partial charge in [-0.2, -0.15) is 0 Å². The third-order valence-electron chi connectivity index (χ3n) is 3.37. The zero-order valence-electron chi connectivity index (χ0n) is 11.9. The first-order valence-corrected chi connectivity index (χ1v) is 7.15. The highest BCUT2D eigenvalue weighted by atomic mass is 16.5. The van der Waals surface area contributed by atoms with E-state index in [1.165, 1.54) is 11.1 Å². The quantitative estimate of drug-likeness (QED) is 0.776. The maximum atomic E-state index is 11.7. The molecule has 20 heavy (non-hydrogen) atoms. The third-order valence-corrected chi connectivity index (χ3v) is 3.37.